The van der Waals surface area contributed by atoms with Gasteiger partial charge in [0.2, 0.25) is 0 Å². The van der Waals surface area contributed by atoms with Crippen LogP contribution in [0.5, 0.6) is 0 Å². The number of fused-ring (bicyclic) bond motifs is 3. The second-order valence-corrected chi connectivity index (χ2v) is 7.53. The quantitative estimate of drug-likeness (QED) is 0.884. The van der Waals surface area contributed by atoms with Gasteiger partial charge in [-0.2, -0.15) is 0 Å². The number of anilines is 1. The molecular weight excluding hydrogens is 264 g/mol. The Morgan fingerprint density at radius 3 is 2.81 bits per heavy atom. The van der Waals surface area contributed by atoms with Crippen molar-refractivity contribution in [2.45, 2.75) is 46.1 Å². The van der Waals surface area contributed by atoms with Crippen molar-refractivity contribution in [1.29, 1.82) is 0 Å². The summed E-state index contributed by atoms with van der Waals surface area (Å²) in [5.41, 5.74) is 3.19. The maximum atomic E-state index is 11.2. The molecule has 0 amide bonds. The normalized spacial score (nSPS) is 33.7. The average molecular weight is 286 g/mol. The van der Waals surface area contributed by atoms with Gasteiger partial charge in [-0.1, -0.05) is 20.8 Å². The zero-order valence-electron chi connectivity index (χ0n) is 12.8. The molecule has 112 valence electrons. The Kier molecular flexibility index (Phi) is 2.43. The molecule has 2 aromatic rings. The molecule has 2 aliphatic rings. The number of aromatic nitrogens is 1. The van der Waals surface area contributed by atoms with E-state index in [-0.39, 0.29) is 0 Å². The molecule has 3 unspecified atom stereocenters. The van der Waals surface area contributed by atoms with E-state index in [0.29, 0.717) is 22.5 Å². The van der Waals surface area contributed by atoms with Crippen molar-refractivity contribution >= 4 is 16.8 Å². The van der Waals surface area contributed by atoms with E-state index in [4.69, 9.17) is 4.42 Å². The summed E-state index contributed by atoms with van der Waals surface area (Å²) in [5, 5.41) is 3.71. The Balaban J connectivity index is 1.65. The SMILES string of the molecule is CC1(C)C2CCC1(C)C(Nc1ccc3oc(=O)[nH]c3c1)C2. The van der Waals surface area contributed by atoms with Crippen molar-refractivity contribution in [3.05, 3.63) is 28.7 Å². The molecule has 2 N–H and O–H groups in total. The fraction of sp³-hybridized carbons (Fsp3) is 0.588. The van der Waals surface area contributed by atoms with Gasteiger partial charge < -0.3 is 9.73 Å². The lowest BCUT2D eigenvalue weighted by molar-refractivity contribution is 0.142. The minimum atomic E-state index is -0.393. The van der Waals surface area contributed by atoms with Crippen LogP contribution in [0.15, 0.2) is 27.4 Å². The largest absolute Gasteiger partial charge is 0.417 e. The molecular formula is C17H22N2O2. The third-order valence-corrected chi connectivity index (χ3v) is 6.55. The second-order valence-electron chi connectivity index (χ2n) is 7.53. The van der Waals surface area contributed by atoms with Crippen molar-refractivity contribution in [1.82, 2.24) is 4.98 Å². The smallest absolute Gasteiger partial charge is 0.408 e. The number of oxazole rings is 1. The monoisotopic (exact) mass is 286 g/mol. The lowest BCUT2D eigenvalue weighted by atomic mass is 9.69. The summed E-state index contributed by atoms with van der Waals surface area (Å²) < 4.78 is 5.06. The Bertz CT molecular complexity index is 757. The molecule has 0 radical (unpaired) electrons. The summed E-state index contributed by atoms with van der Waals surface area (Å²) in [6.45, 7) is 7.27. The molecule has 0 aliphatic heterocycles. The standard InChI is InChI=1S/C17H22N2O2/c1-16(2)10-6-7-17(16,3)14(8-10)18-11-4-5-13-12(9-11)19-15(20)21-13/h4-5,9-10,14,18H,6-8H2,1-3H3,(H,19,20). The number of hydrogen-bond donors (Lipinski definition) is 2. The second kappa shape index (κ2) is 3.93. The molecule has 3 atom stereocenters. The van der Waals surface area contributed by atoms with E-state index in [1.165, 1.54) is 19.3 Å². The van der Waals surface area contributed by atoms with E-state index < -0.39 is 5.76 Å². The number of nitrogens with one attached hydrogen (secondary N) is 2. The average Bonchev–Trinajstić information content (AvgIpc) is 2.95. The van der Waals surface area contributed by atoms with E-state index in [9.17, 15) is 4.79 Å². The van der Waals surface area contributed by atoms with Crippen LogP contribution >= 0.6 is 0 Å². The van der Waals surface area contributed by atoms with Crippen LogP contribution < -0.4 is 11.1 Å². The van der Waals surface area contributed by atoms with Crippen LogP contribution in [0.2, 0.25) is 0 Å². The summed E-state index contributed by atoms with van der Waals surface area (Å²) in [7, 11) is 0. The zero-order valence-corrected chi connectivity index (χ0v) is 12.8. The first-order valence-electron chi connectivity index (χ1n) is 7.79. The summed E-state index contributed by atoms with van der Waals surface area (Å²) in [4.78, 5) is 14.0. The van der Waals surface area contributed by atoms with Gasteiger partial charge in [0.25, 0.3) is 0 Å². The molecule has 2 bridgehead atoms. The van der Waals surface area contributed by atoms with Gasteiger partial charge >= 0.3 is 5.76 Å². The van der Waals surface area contributed by atoms with Crippen LogP contribution in [0, 0.1) is 16.7 Å². The van der Waals surface area contributed by atoms with Gasteiger partial charge in [-0.25, -0.2) is 4.79 Å². The van der Waals surface area contributed by atoms with Crippen molar-refractivity contribution < 1.29 is 4.42 Å². The number of H-pyrrole nitrogens is 1. The van der Waals surface area contributed by atoms with Crippen LogP contribution in [0.25, 0.3) is 11.1 Å². The van der Waals surface area contributed by atoms with Gasteiger partial charge in [-0.15, -0.1) is 0 Å². The lowest BCUT2D eigenvalue weighted by Crippen LogP contribution is -2.40. The first-order valence-corrected chi connectivity index (χ1v) is 7.79. The predicted octanol–water partition coefficient (Wildman–Crippen LogP) is 3.75. The summed E-state index contributed by atoms with van der Waals surface area (Å²) >= 11 is 0. The van der Waals surface area contributed by atoms with Gasteiger partial charge in [0.1, 0.15) is 0 Å². The minimum Gasteiger partial charge on any atom is -0.408 e. The minimum absolute atomic E-state index is 0.344. The van der Waals surface area contributed by atoms with E-state index in [2.05, 4.69) is 31.1 Å². The first kappa shape index (κ1) is 13.0. The molecule has 2 fully saturated rings. The topological polar surface area (TPSA) is 58.0 Å². The summed E-state index contributed by atoms with van der Waals surface area (Å²) in [5.74, 6) is 0.424. The van der Waals surface area contributed by atoms with Crippen LogP contribution in [0.4, 0.5) is 5.69 Å². The highest BCUT2D eigenvalue weighted by Gasteiger charge is 2.61. The van der Waals surface area contributed by atoms with Crippen molar-refractivity contribution in [3.63, 3.8) is 0 Å². The molecule has 0 spiro atoms. The fourth-order valence-electron chi connectivity index (χ4n) is 4.66. The third-order valence-electron chi connectivity index (χ3n) is 6.55. The fourth-order valence-corrected chi connectivity index (χ4v) is 4.66. The van der Waals surface area contributed by atoms with Gasteiger partial charge in [0.05, 0.1) is 5.52 Å². The highest BCUT2D eigenvalue weighted by molar-refractivity contribution is 5.76. The van der Waals surface area contributed by atoms with Crippen molar-refractivity contribution in [3.8, 4) is 0 Å². The van der Waals surface area contributed by atoms with Gasteiger partial charge in [-0.3, -0.25) is 4.98 Å². The maximum absolute atomic E-state index is 11.2. The molecule has 4 heteroatoms. The Morgan fingerprint density at radius 1 is 1.33 bits per heavy atom. The van der Waals surface area contributed by atoms with Gasteiger partial charge in [0.15, 0.2) is 5.58 Å². The first-order chi connectivity index (χ1) is 9.90. The maximum Gasteiger partial charge on any atom is 0.417 e. The van der Waals surface area contributed by atoms with Crippen LogP contribution in [-0.4, -0.2) is 11.0 Å². The highest BCUT2D eigenvalue weighted by atomic mass is 16.4. The van der Waals surface area contributed by atoms with Crippen molar-refractivity contribution in [2.75, 3.05) is 5.32 Å². The Morgan fingerprint density at radius 2 is 2.14 bits per heavy atom. The lowest BCUT2D eigenvalue weighted by Gasteiger charge is -2.40. The summed E-state index contributed by atoms with van der Waals surface area (Å²) in [6.07, 6.45) is 3.90. The molecule has 1 aromatic carbocycles. The molecule has 2 aliphatic carbocycles. The Hall–Kier alpha value is -1.71. The van der Waals surface area contributed by atoms with Crippen LogP contribution in [0.1, 0.15) is 40.0 Å². The molecule has 21 heavy (non-hydrogen) atoms. The van der Waals surface area contributed by atoms with Gasteiger partial charge in [0, 0.05) is 11.7 Å². The highest BCUT2D eigenvalue weighted by Crippen LogP contribution is 2.65. The van der Waals surface area contributed by atoms with Crippen LogP contribution in [0.3, 0.4) is 0 Å². The van der Waals surface area contributed by atoms with Crippen molar-refractivity contribution in [2.24, 2.45) is 16.7 Å². The van der Waals surface area contributed by atoms with E-state index in [0.717, 1.165) is 17.1 Å². The number of hydrogen-bond acceptors (Lipinski definition) is 3. The number of rotatable bonds is 2. The van der Waals surface area contributed by atoms with E-state index >= 15 is 0 Å². The Labute approximate surface area is 123 Å². The molecule has 2 saturated carbocycles. The molecule has 4 nitrogen and oxygen atoms in total. The number of benzene rings is 1. The van der Waals surface area contributed by atoms with E-state index in [1.54, 1.807) is 0 Å². The number of aromatic amines is 1. The third kappa shape index (κ3) is 1.65. The predicted molar refractivity (Wildman–Crippen MR) is 83.5 cm³/mol. The van der Waals surface area contributed by atoms with Crippen LogP contribution in [-0.2, 0) is 0 Å². The molecule has 1 heterocycles. The van der Waals surface area contributed by atoms with E-state index in [1.807, 2.05) is 18.2 Å². The molecule has 0 saturated heterocycles. The zero-order chi connectivity index (χ0) is 14.8. The molecule has 1 aromatic heterocycles. The van der Waals surface area contributed by atoms with Gasteiger partial charge in [-0.05, 0) is 54.2 Å². The molecule has 4 rings (SSSR count). The summed E-state index contributed by atoms with van der Waals surface area (Å²) in [6, 6.07) is 6.34.